The molecule has 1 aliphatic heterocycles. The third-order valence-corrected chi connectivity index (χ3v) is 5.53. The van der Waals surface area contributed by atoms with E-state index < -0.39 is 0 Å². The van der Waals surface area contributed by atoms with Crippen molar-refractivity contribution in [3.8, 4) is 11.4 Å². The van der Waals surface area contributed by atoms with Crippen molar-refractivity contribution in [2.45, 2.75) is 12.1 Å². The van der Waals surface area contributed by atoms with Crippen LogP contribution in [0.15, 0.2) is 58.2 Å². The summed E-state index contributed by atoms with van der Waals surface area (Å²) in [6.07, 6.45) is 0. The number of amides is 1. The average Bonchev–Trinajstić information content (AvgIpc) is 3.06. The standard InChI is InChI=1S/C18H15BrN4OS/c1-12-4-2-3-5-15(12)16-20-21-18-23(16)22(10-11-25-18)17(24)13-6-8-14(19)9-7-13/h2-9H,10-11H2,1H3. The summed E-state index contributed by atoms with van der Waals surface area (Å²) in [5.41, 5.74) is 2.73. The fraction of sp³-hybridized carbons (Fsp3) is 0.167. The zero-order chi connectivity index (χ0) is 17.4. The van der Waals surface area contributed by atoms with Crippen molar-refractivity contribution in [2.24, 2.45) is 0 Å². The molecule has 0 fully saturated rings. The van der Waals surface area contributed by atoms with Crippen LogP contribution in [0.1, 0.15) is 15.9 Å². The van der Waals surface area contributed by atoms with Gasteiger partial charge in [0.15, 0.2) is 5.82 Å². The van der Waals surface area contributed by atoms with Crippen LogP contribution in [0.5, 0.6) is 0 Å². The Hall–Kier alpha value is -2.12. The van der Waals surface area contributed by atoms with Crippen LogP contribution in [-0.4, -0.2) is 33.1 Å². The summed E-state index contributed by atoms with van der Waals surface area (Å²) in [5, 5.41) is 11.1. The predicted molar refractivity (Wildman–Crippen MR) is 102 cm³/mol. The van der Waals surface area contributed by atoms with Crippen LogP contribution in [0.2, 0.25) is 0 Å². The van der Waals surface area contributed by atoms with Gasteiger partial charge in [-0.25, -0.2) is 9.69 Å². The lowest BCUT2D eigenvalue weighted by Crippen LogP contribution is -2.45. The molecule has 0 N–H and O–H groups in total. The van der Waals surface area contributed by atoms with Gasteiger partial charge in [0.1, 0.15) is 0 Å². The molecular formula is C18H15BrN4OS. The highest BCUT2D eigenvalue weighted by atomic mass is 79.9. The zero-order valence-corrected chi connectivity index (χ0v) is 15.9. The molecule has 1 aromatic heterocycles. The van der Waals surface area contributed by atoms with Crippen molar-refractivity contribution < 1.29 is 4.79 Å². The van der Waals surface area contributed by atoms with Crippen LogP contribution in [-0.2, 0) is 0 Å². The average molecular weight is 415 g/mol. The first-order valence-corrected chi connectivity index (χ1v) is 9.65. The lowest BCUT2D eigenvalue weighted by atomic mass is 10.1. The molecule has 0 aliphatic carbocycles. The zero-order valence-electron chi connectivity index (χ0n) is 13.5. The van der Waals surface area contributed by atoms with E-state index in [-0.39, 0.29) is 5.91 Å². The first kappa shape index (κ1) is 16.4. The molecule has 126 valence electrons. The van der Waals surface area contributed by atoms with Gasteiger partial charge in [-0.05, 0) is 36.8 Å². The number of nitrogens with zero attached hydrogens (tertiary/aromatic N) is 4. The normalized spacial score (nSPS) is 13.6. The van der Waals surface area contributed by atoms with Crippen molar-refractivity contribution in [3.05, 3.63) is 64.1 Å². The summed E-state index contributed by atoms with van der Waals surface area (Å²) >= 11 is 5.02. The Labute approximate surface area is 158 Å². The number of hydrogen-bond donors (Lipinski definition) is 0. The van der Waals surface area contributed by atoms with Crippen LogP contribution in [0, 0.1) is 6.92 Å². The summed E-state index contributed by atoms with van der Waals surface area (Å²) in [6.45, 7) is 2.65. The molecule has 2 heterocycles. The summed E-state index contributed by atoms with van der Waals surface area (Å²) < 4.78 is 2.80. The van der Waals surface area contributed by atoms with Crippen LogP contribution in [0.25, 0.3) is 11.4 Å². The topological polar surface area (TPSA) is 51.0 Å². The number of rotatable bonds is 2. The van der Waals surface area contributed by atoms with Crippen LogP contribution < -0.4 is 5.01 Å². The van der Waals surface area contributed by atoms with Gasteiger partial charge < -0.3 is 0 Å². The second-order valence-electron chi connectivity index (χ2n) is 5.72. The van der Waals surface area contributed by atoms with Gasteiger partial charge in [-0.3, -0.25) is 4.79 Å². The van der Waals surface area contributed by atoms with E-state index in [0.717, 1.165) is 26.5 Å². The van der Waals surface area contributed by atoms with E-state index in [2.05, 4.69) is 26.1 Å². The molecule has 0 atom stereocenters. The van der Waals surface area contributed by atoms with Gasteiger partial charge in [0.25, 0.3) is 5.91 Å². The Morgan fingerprint density at radius 1 is 1.12 bits per heavy atom. The first-order valence-electron chi connectivity index (χ1n) is 7.87. The molecule has 0 unspecified atom stereocenters. The number of carbonyl (C=O) groups is 1. The summed E-state index contributed by atoms with van der Waals surface area (Å²) in [5.74, 6) is 1.45. The third kappa shape index (κ3) is 2.98. The number of halogens is 1. The van der Waals surface area contributed by atoms with Gasteiger partial charge in [0.2, 0.25) is 5.16 Å². The molecule has 1 aliphatic rings. The van der Waals surface area contributed by atoms with Crippen molar-refractivity contribution in [2.75, 3.05) is 17.3 Å². The summed E-state index contributed by atoms with van der Waals surface area (Å²) in [7, 11) is 0. The van der Waals surface area contributed by atoms with E-state index in [1.807, 2.05) is 60.1 Å². The second-order valence-corrected chi connectivity index (χ2v) is 7.69. The Morgan fingerprint density at radius 2 is 1.88 bits per heavy atom. The predicted octanol–water partition coefficient (Wildman–Crippen LogP) is 3.90. The summed E-state index contributed by atoms with van der Waals surface area (Å²) in [6, 6.07) is 15.4. The number of aryl methyl sites for hydroxylation is 1. The van der Waals surface area contributed by atoms with Gasteiger partial charge in [0.05, 0.1) is 6.54 Å². The minimum absolute atomic E-state index is 0.0521. The van der Waals surface area contributed by atoms with E-state index in [0.29, 0.717) is 17.9 Å². The first-order chi connectivity index (χ1) is 12.1. The monoisotopic (exact) mass is 414 g/mol. The van der Waals surface area contributed by atoms with Crippen molar-refractivity contribution >= 4 is 33.6 Å². The van der Waals surface area contributed by atoms with Crippen molar-refractivity contribution in [1.29, 1.82) is 0 Å². The Kier molecular flexibility index (Phi) is 4.35. The minimum atomic E-state index is -0.0521. The highest BCUT2D eigenvalue weighted by Gasteiger charge is 2.29. The molecule has 4 rings (SSSR count). The number of aromatic nitrogens is 3. The number of thioether (sulfide) groups is 1. The van der Waals surface area contributed by atoms with E-state index >= 15 is 0 Å². The molecule has 7 heteroatoms. The van der Waals surface area contributed by atoms with E-state index in [4.69, 9.17) is 0 Å². The molecule has 2 aromatic carbocycles. The molecule has 0 spiro atoms. The molecule has 3 aromatic rings. The van der Waals surface area contributed by atoms with Gasteiger partial charge >= 0.3 is 0 Å². The lowest BCUT2D eigenvalue weighted by molar-refractivity contribution is 0.0956. The minimum Gasteiger partial charge on any atom is -0.267 e. The molecular weight excluding hydrogens is 400 g/mol. The van der Waals surface area contributed by atoms with Crippen LogP contribution in [0.3, 0.4) is 0 Å². The third-order valence-electron chi connectivity index (χ3n) is 4.10. The van der Waals surface area contributed by atoms with Gasteiger partial charge in [-0.1, -0.05) is 52.0 Å². The van der Waals surface area contributed by atoms with E-state index in [9.17, 15) is 4.79 Å². The fourth-order valence-corrected chi connectivity index (χ4v) is 3.94. The van der Waals surface area contributed by atoms with E-state index in [1.165, 1.54) is 0 Å². The second kappa shape index (κ2) is 6.65. The van der Waals surface area contributed by atoms with Gasteiger partial charge in [0, 0.05) is 21.4 Å². The van der Waals surface area contributed by atoms with Gasteiger partial charge in [-0.15, -0.1) is 10.2 Å². The fourth-order valence-electron chi connectivity index (χ4n) is 2.82. The SMILES string of the molecule is Cc1ccccc1-c1nnc2n1N(C(=O)c1ccc(Br)cc1)CCS2. The smallest absolute Gasteiger partial charge is 0.267 e. The maximum absolute atomic E-state index is 13.1. The highest BCUT2D eigenvalue weighted by Crippen LogP contribution is 2.30. The molecule has 0 saturated carbocycles. The Morgan fingerprint density at radius 3 is 2.64 bits per heavy atom. The quantitative estimate of drug-likeness (QED) is 0.637. The van der Waals surface area contributed by atoms with E-state index in [1.54, 1.807) is 16.8 Å². The molecule has 25 heavy (non-hydrogen) atoms. The number of carbonyl (C=O) groups excluding carboxylic acids is 1. The Bertz CT molecular complexity index is 939. The number of benzene rings is 2. The largest absolute Gasteiger partial charge is 0.272 e. The van der Waals surface area contributed by atoms with Crippen molar-refractivity contribution in [3.63, 3.8) is 0 Å². The molecule has 0 radical (unpaired) electrons. The molecule has 5 nitrogen and oxygen atoms in total. The summed E-state index contributed by atoms with van der Waals surface area (Å²) in [4.78, 5) is 13.1. The number of hydrogen-bond acceptors (Lipinski definition) is 4. The maximum atomic E-state index is 13.1. The van der Waals surface area contributed by atoms with Gasteiger partial charge in [-0.2, -0.15) is 0 Å². The Balaban J connectivity index is 1.79. The molecule has 0 bridgehead atoms. The molecule has 0 saturated heterocycles. The molecule has 1 amide bonds. The van der Waals surface area contributed by atoms with Crippen LogP contribution >= 0.6 is 27.7 Å². The van der Waals surface area contributed by atoms with Crippen molar-refractivity contribution in [1.82, 2.24) is 14.9 Å². The van der Waals surface area contributed by atoms with Crippen LogP contribution in [0.4, 0.5) is 0 Å². The lowest BCUT2D eigenvalue weighted by Gasteiger charge is -2.29. The highest BCUT2D eigenvalue weighted by molar-refractivity contribution is 9.10. The maximum Gasteiger partial charge on any atom is 0.272 e. The number of fused-ring (bicyclic) bond motifs is 1.